The fraction of sp³-hybridized carbons (Fsp3) is 0.600. The zero-order valence-electron chi connectivity index (χ0n) is 12.0. The second-order valence-corrected chi connectivity index (χ2v) is 9.97. The molecule has 0 bridgehead atoms. The van der Waals surface area contributed by atoms with E-state index < -0.39 is 8.32 Å². The van der Waals surface area contributed by atoms with Gasteiger partial charge in [0.05, 0.1) is 0 Å². The van der Waals surface area contributed by atoms with E-state index in [1.165, 1.54) is 24.8 Å². The lowest BCUT2D eigenvalue weighted by Crippen LogP contribution is -2.47. The van der Waals surface area contributed by atoms with Crippen molar-refractivity contribution in [2.24, 2.45) is 0 Å². The summed E-state index contributed by atoms with van der Waals surface area (Å²) in [4.78, 5) is 13.3. The van der Waals surface area contributed by atoms with Crippen molar-refractivity contribution in [3.05, 3.63) is 29.8 Å². The largest absolute Gasteiger partial charge is 0.508 e. The molecule has 1 aromatic rings. The third-order valence-electron chi connectivity index (χ3n) is 4.21. The summed E-state index contributed by atoms with van der Waals surface area (Å²) in [6, 6.07) is 9.46. The third-order valence-corrected chi connectivity index (χ3v) is 8.46. The lowest BCUT2D eigenvalue weighted by molar-refractivity contribution is 0.374. The van der Waals surface area contributed by atoms with Crippen molar-refractivity contribution in [3.8, 4) is 5.75 Å². The number of hydrogen-bond donors (Lipinski definition) is 2. The molecule has 1 saturated heterocycles. The first kappa shape index (κ1) is 14.6. The van der Waals surface area contributed by atoms with E-state index in [9.17, 15) is 9.90 Å². The second kappa shape index (κ2) is 6.07. The molecular weight excluding hydrogens is 254 g/mol. The van der Waals surface area contributed by atoms with Gasteiger partial charge >= 0.3 is 0 Å². The molecule has 1 unspecified atom stereocenters. The predicted molar refractivity (Wildman–Crippen MR) is 80.8 cm³/mol. The first-order chi connectivity index (χ1) is 9.01. The van der Waals surface area contributed by atoms with E-state index in [0.717, 1.165) is 18.6 Å². The maximum Gasteiger partial charge on any atom is 0.197 e. The van der Waals surface area contributed by atoms with Gasteiger partial charge < -0.3 is 14.8 Å². The Morgan fingerprint density at radius 1 is 1.11 bits per heavy atom. The summed E-state index contributed by atoms with van der Waals surface area (Å²) in [5, 5.41) is 9.43. The van der Waals surface area contributed by atoms with Crippen LogP contribution in [0.3, 0.4) is 0 Å². The lowest BCUT2D eigenvalue weighted by atomic mass is 10.1. The number of phenols is 1. The van der Waals surface area contributed by atoms with Crippen molar-refractivity contribution in [1.82, 2.24) is 4.90 Å². The van der Waals surface area contributed by atoms with Gasteiger partial charge in [0.1, 0.15) is 5.75 Å². The van der Waals surface area contributed by atoms with Gasteiger partial charge in [-0.05, 0) is 43.9 Å². The minimum absolute atomic E-state index is 0.253. The molecule has 2 rings (SSSR count). The molecule has 0 spiro atoms. The van der Waals surface area contributed by atoms with Crippen LogP contribution < -0.4 is 0 Å². The Morgan fingerprint density at radius 3 is 2.21 bits per heavy atom. The molecule has 0 aromatic heterocycles. The van der Waals surface area contributed by atoms with Crippen LogP contribution in [0, 0.1) is 0 Å². The summed E-state index contributed by atoms with van der Waals surface area (Å²) < 4.78 is 0. The lowest BCUT2D eigenvalue weighted by Gasteiger charge is -2.38. The Hall–Kier alpha value is -0.843. The molecule has 0 amide bonds. The van der Waals surface area contributed by atoms with Gasteiger partial charge in [-0.2, -0.15) is 0 Å². The van der Waals surface area contributed by atoms with Crippen molar-refractivity contribution >= 4 is 8.32 Å². The van der Waals surface area contributed by atoms with Crippen LogP contribution in [0.2, 0.25) is 12.1 Å². The zero-order valence-corrected chi connectivity index (χ0v) is 13.0. The van der Waals surface area contributed by atoms with Gasteiger partial charge in [0.15, 0.2) is 8.32 Å². The molecule has 1 aliphatic rings. The zero-order chi connectivity index (χ0) is 13.9. The van der Waals surface area contributed by atoms with Gasteiger partial charge in [0.2, 0.25) is 0 Å². The predicted octanol–water partition coefficient (Wildman–Crippen LogP) is 2.70. The van der Waals surface area contributed by atoms with Crippen molar-refractivity contribution in [2.75, 3.05) is 20.6 Å². The number of nitrogens with zero attached hydrogens (tertiary/aromatic N) is 1. The first-order valence-corrected chi connectivity index (χ1v) is 9.61. The minimum atomic E-state index is -2.21. The van der Waals surface area contributed by atoms with Crippen molar-refractivity contribution in [2.45, 2.75) is 36.9 Å². The van der Waals surface area contributed by atoms with Crippen LogP contribution in [0.5, 0.6) is 5.75 Å². The molecule has 1 atom stereocenters. The molecular formula is C15H25NO2Si. The van der Waals surface area contributed by atoms with E-state index in [4.69, 9.17) is 0 Å². The van der Waals surface area contributed by atoms with Gasteiger partial charge in [-0.1, -0.05) is 31.4 Å². The molecule has 1 fully saturated rings. The Balaban J connectivity index is 2.26. The van der Waals surface area contributed by atoms with E-state index in [0.29, 0.717) is 5.75 Å². The summed E-state index contributed by atoms with van der Waals surface area (Å²) in [6.45, 7) is 0.896. The molecule has 1 aromatic carbocycles. The standard InChI is InChI=1S/C15H25NO2Si/c1-16(2)12-15(13-6-8-14(17)9-7-13)19(18)10-4-3-5-11-19/h6-9,15,17-18H,3-5,10-12H2,1-2H3. The average molecular weight is 279 g/mol. The number of benzene rings is 1. The SMILES string of the molecule is CN(C)CC(c1ccc(O)cc1)[Si]1(O)CCCCC1. The van der Waals surface area contributed by atoms with Crippen LogP contribution in [0.1, 0.15) is 30.4 Å². The van der Waals surface area contributed by atoms with Crippen LogP contribution in [-0.2, 0) is 0 Å². The summed E-state index contributed by atoms with van der Waals surface area (Å²) in [6.07, 6.45) is 3.61. The van der Waals surface area contributed by atoms with Gasteiger partial charge in [0.25, 0.3) is 0 Å². The molecule has 106 valence electrons. The maximum atomic E-state index is 11.2. The summed E-state index contributed by atoms with van der Waals surface area (Å²) in [5.41, 5.74) is 1.44. The molecule has 1 heterocycles. The molecule has 4 heteroatoms. The monoisotopic (exact) mass is 279 g/mol. The molecule has 0 saturated carbocycles. The summed E-state index contributed by atoms with van der Waals surface area (Å²) in [7, 11) is 1.92. The van der Waals surface area contributed by atoms with Crippen LogP contribution in [0.15, 0.2) is 24.3 Å². The van der Waals surface area contributed by atoms with Gasteiger partial charge in [0, 0.05) is 12.1 Å². The van der Waals surface area contributed by atoms with Crippen molar-refractivity contribution in [1.29, 1.82) is 0 Å². The van der Waals surface area contributed by atoms with Gasteiger partial charge in [-0.15, -0.1) is 0 Å². The Morgan fingerprint density at radius 2 is 1.68 bits per heavy atom. The Bertz CT molecular complexity index is 399. The molecule has 0 radical (unpaired) electrons. The van der Waals surface area contributed by atoms with Crippen LogP contribution in [-0.4, -0.2) is 43.8 Å². The second-order valence-electron chi connectivity index (χ2n) is 6.07. The van der Waals surface area contributed by atoms with Gasteiger partial charge in [-0.25, -0.2) is 0 Å². The highest BCUT2D eigenvalue weighted by Gasteiger charge is 2.41. The number of rotatable bonds is 4. The fourth-order valence-corrected chi connectivity index (χ4v) is 7.36. The van der Waals surface area contributed by atoms with Gasteiger partial charge in [-0.3, -0.25) is 0 Å². The first-order valence-electron chi connectivity index (χ1n) is 7.17. The van der Waals surface area contributed by atoms with E-state index in [2.05, 4.69) is 19.0 Å². The third kappa shape index (κ3) is 3.59. The molecule has 0 aliphatic carbocycles. The Labute approximate surface area is 117 Å². The maximum absolute atomic E-state index is 11.2. The van der Waals surface area contributed by atoms with E-state index in [-0.39, 0.29) is 5.54 Å². The van der Waals surface area contributed by atoms with Crippen molar-refractivity contribution in [3.63, 3.8) is 0 Å². The number of aromatic hydroxyl groups is 1. The van der Waals surface area contributed by atoms with E-state index in [1.807, 2.05) is 12.1 Å². The average Bonchev–Trinajstić information content (AvgIpc) is 2.38. The van der Waals surface area contributed by atoms with Crippen molar-refractivity contribution < 1.29 is 9.90 Å². The Kier molecular flexibility index (Phi) is 4.65. The number of likely N-dealkylation sites (N-methyl/N-ethyl adjacent to an activating group) is 1. The molecule has 2 N–H and O–H groups in total. The topological polar surface area (TPSA) is 43.7 Å². The fourth-order valence-electron chi connectivity index (χ4n) is 3.17. The van der Waals surface area contributed by atoms with E-state index in [1.54, 1.807) is 12.1 Å². The van der Waals surface area contributed by atoms with E-state index >= 15 is 0 Å². The highest BCUT2D eigenvalue weighted by molar-refractivity contribution is 6.74. The summed E-state index contributed by atoms with van der Waals surface area (Å²) in [5.74, 6) is 0.296. The van der Waals surface area contributed by atoms with Crippen LogP contribution >= 0.6 is 0 Å². The quantitative estimate of drug-likeness (QED) is 0.833. The number of phenolic OH excluding ortho intramolecular Hbond substituents is 1. The molecule has 1 aliphatic heterocycles. The number of hydrogen-bond acceptors (Lipinski definition) is 3. The van der Waals surface area contributed by atoms with Crippen LogP contribution in [0.25, 0.3) is 0 Å². The highest BCUT2D eigenvalue weighted by Crippen LogP contribution is 2.38. The highest BCUT2D eigenvalue weighted by atomic mass is 28.4. The molecule has 19 heavy (non-hydrogen) atoms. The molecule has 3 nitrogen and oxygen atoms in total. The van der Waals surface area contributed by atoms with Crippen LogP contribution in [0.4, 0.5) is 0 Å². The minimum Gasteiger partial charge on any atom is -0.508 e. The summed E-state index contributed by atoms with van der Waals surface area (Å²) >= 11 is 0. The normalized spacial score (nSPS) is 20.4. The smallest absolute Gasteiger partial charge is 0.197 e.